The van der Waals surface area contributed by atoms with Crippen molar-refractivity contribution in [1.29, 1.82) is 0 Å². The van der Waals surface area contributed by atoms with Crippen molar-refractivity contribution in [3.05, 3.63) is 77.9 Å². The minimum atomic E-state index is -0.423. The van der Waals surface area contributed by atoms with E-state index in [0.717, 1.165) is 11.3 Å². The lowest BCUT2D eigenvalue weighted by atomic mass is 10.0. The zero-order valence-corrected chi connectivity index (χ0v) is 16.0. The summed E-state index contributed by atoms with van der Waals surface area (Å²) in [6.45, 7) is 1.44. The number of hydrogen-bond donors (Lipinski definition) is 2. The van der Waals surface area contributed by atoms with Crippen LogP contribution in [0.2, 0.25) is 0 Å². The number of hydrogen-bond acceptors (Lipinski definition) is 4. The Morgan fingerprint density at radius 2 is 1.75 bits per heavy atom. The first-order chi connectivity index (χ1) is 13.5. The zero-order valence-electron chi connectivity index (χ0n) is 16.0. The van der Waals surface area contributed by atoms with Gasteiger partial charge in [0.2, 0.25) is 5.91 Å². The molecule has 2 aromatic carbocycles. The molecule has 28 heavy (non-hydrogen) atoms. The van der Waals surface area contributed by atoms with Crippen molar-refractivity contribution in [2.24, 2.45) is 7.05 Å². The SMILES string of the molecule is COc1ccc(C(NC(=O)c2ccc(NC(C)=O)cc2)c2nccn2C)cc1. The predicted molar refractivity (Wildman–Crippen MR) is 106 cm³/mol. The van der Waals surface area contributed by atoms with Crippen LogP contribution in [0.5, 0.6) is 5.75 Å². The van der Waals surface area contributed by atoms with Gasteiger partial charge in [0.15, 0.2) is 0 Å². The van der Waals surface area contributed by atoms with E-state index in [1.54, 1.807) is 37.6 Å². The molecule has 0 spiro atoms. The molecule has 2 amide bonds. The molecule has 7 nitrogen and oxygen atoms in total. The molecule has 7 heteroatoms. The second kappa shape index (κ2) is 8.39. The smallest absolute Gasteiger partial charge is 0.252 e. The molecule has 0 aliphatic heterocycles. The number of aryl methyl sites for hydroxylation is 1. The van der Waals surface area contributed by atoms with Crippen molar-refractivity contribution in [3.8, 4) is 5.75 Å². The highest BCUT2D eigenvalue weighted by Crippen LogP contribution is 2.23. The van der Waals surface area contributed by atoms with Gasteiger partial charge in [-0.3, -0.25) is 9.59 Å². The maximum Gasteiger partial charge on any atom is 0.252 e. The quantitative estimate of drug-likeness (QED) is 0.691. The van der Waals surface area contributed by atoms with Crippen LogP contribution in [0.3, 0.4) is 0 Å². The van der Waals surface area contributed by atoms with Gasteiger partial charge in [-0.15, -0.1) is 0 Å². The van der Waals surface area contributed by atoms with E-state index in [0.29, 0.717) is 17.1 Å². The molecule has 3 aromatic rings. The summed E-state index contributed by atoms with van der Waals surface area (Å²) in [5.41, 5.74) is 2.01. The number of carbonyl (C=O) groups is 2. The van der Waals surface area contributed by atoms with Gasteiger partial charge in [0.05, 0.1) is 7.11 Å². The molecular weight excluding hydrogens is 356 g/mol. The number of imidazole rings is 1. The number of aromatic nitrogens is 2. The number of nitrogens with zero attached hydrogens (tertiary/aromatic N) is 2. The highest BCUT2D eigenvalue weighted by molar-refractivity contribution is 5.95. The van der Waals surface area contributed by atoms with Crippen LogP contribution in [0.25, 0.3) is 0 Å². The lowest BCUT2D eigenvalue weighted by Crippen LogP contribution is -2.31. The molecule has 3 rings (SSSR count). The van der Waals surface area contributed by atoms with E-state index in [1.165, 1.54) is 6.92 Å². The summed E-state index contributed by atoms with van der Waals surface area (Å²) in [5.74, 6) is 1.06. The van der Waals surface area contributed by atoms with Crippen molar-refractivity contribution < 1.29 is 14.3 Å². The summed E-state index contributed by atoms with van der Waals surface area (Å²) in [4.78, 5) is 28.4. The van der Waals surface area contributed by atoms with E-state index < -0.39 is 6.04 Å². The van der Waals surface area contributed by atoms with Gasteiger partial charge in [-0.1, -0.05) is 12.1 Å². The largest absolute Gasteiger partial charge is 0.497 e. The average molecular weight is 378 g/mol. The van der Waals surface area contributed by atoms with Crippen molar-refractivity contribution in [3.63, 3.8) is 0 Å². The third-order valence-corrected chi connectivity index (χ3v) is 4.31. The molecule has 0 bridgehead atoms. The topological polar surface area (TPSA) is 85.2 Å². The van der Waals surface area contributed by atoms with Crippen molar-refractivity contribution in [2.45, 2.75) is 13.0 Å². The molecule has 0 aliphatic rings. The lowest BCUT2D eigenvalue weighted by Gasteiger charge is -2.19. The maximum atomic E-state index is 12.8. The Labute approximate surface area is 163 Å². The minimum absolute atomic E-state index is 0.161. The van der Waals surface area contributed by atoms with Crippen LogP contribution in [0.15, 0.2) is 60.9 Å². The number of methoxy groups -OCH3 is 1. The van der Waals surface area contributed by atoms with Gasteiger partial charge in [0.25, 0.3) is 5.91 Å². The fraction of sp³-hybridized carbons (Fsp3) is 0.190. The van der Waals surface area contributed by atoms with Crippen molar-refractivity contribution in [2.75, 3.05) is 12.4 Å². The second-order valence-electron chi connectivity index (χ2n) is 6.33. The first kappa shape index (κ1) is 19.2. The summed E-state index contributed by atoms with van der Waals surface area (Å²) >= 11 is 0. The monoisotopic (exact) mass is 378 g/mol. The van der Waals surface area contributed by atoms with E-state index >= 15 is 0 Å². The third-order valence-electron chi connectivity index (χ3n) is 4.31. The van der Waals surface area contributed by atoms with Crippen LogP contribution in [0.4, 0.5) is 5.69 Å². The van der Waals surface area contributed by atoms with Crippen LogP contribution in [-0.2, 0) is 11.8 Å². The van der Waals surface area contributed by atoms with Gasteiger partial charge in [-0.05, 0) is 42.0 Å². The Morgan fingerprint density at radius 3 is 2.29 bits per heavy atom. The fourth-order valence-electron chi connectivity index (χ4n) is 2.87. The van der Waals surface area contributed by atoms with Crippen LogP contribution < -0.4 is 15.4 Å². The number of ether oxygens (including phenoxy) is 1. The molecule has 0 saturated carbocycles. The second-order valence-corrected chi connectivity index (χ2v) is 6.33. The molecule has 0 radical (unpaired) electrons. The Hall–Kier alpha value is -3.61. The van der Waals surface area contributed by atoms with Crippen molar-refractivity contribution in [1.82, 2.24) is 14.9 Å². The van der Waals surface area contributed by atoms with Gasteiger partial charge >= 0.3 is 0 Å². The number of amides is 2. The van der Waals surface area contributed by atoms with Crippen LogP contribution in [0, 0.1) is 0 Å². The molecular formula is C21H22N4O3. The Balaban J connectivity index is 1.85. The van der Waals surface area contributed by atoms with E-state index in [9.17, 15) is 9.59 Å². The summed E-state index contributed by atoms with van der Waals surface area (Å²) < 4.78 is 7.08. The minimum Gasteiger partial charge on any atom is -0.497 e. The molecule has 0 saturated heterocycles. The van der Waals surface area contributed by atoms with E-state index in [2.05, 4.69) is 15.6 Å². The first-order valence-corrected chi connectivity index (χ1v) is 8.77. The molecule has 0 aliphatic carbocycles. The summed E-state index contributed by atoms with van der Waals surface area (Å²) in [7, 11) is 3.49. The molecule has 0 fully saturated rings. The normalized spacial score (nSPS) is 11.5. The number of benzene rings is 2. The Bertz CT molecular complexity index is 962. The van der Waals surface area contributed by atoms with E-state index in [1.807, 2.05) is 42.1 Å². The van der Waals surface area contributed by atoms with Gasteiger partial charge < -0.3 is 19.9 Å². The Morgan fingerprint density at radius 1 is 1.07 bits per heavy atom. The third kappa shape index (κ3) is 4.37. The fourth-order valence-corrected chi connectivity index (χ4v) is 2.87. The van der Waals surface area contributed by atoms with Crippen LogP contribution in [-0.4, -0.2) is 28.5 Å². The molecule has 1 atom stereocenters. The highest BCUT2D eigenvalue weighted by atomic mass is 16.5. The number of rotatable bonds is 6. The summed E-state index contributed by atoms with van der Waals surface area (Å²) in [6, 6.07) is 13.8. The maximum absolute atomic E-state index is 12.8. The van der Waals surface area contributed by atoms with Crippen LogP contribution >= 0.6 is 0 Å². The molecule has 2 N–H and O–H groups in total. The zero-order chi connectivity index (χ0) is 20.1. The van der Waals surface area contributed by atoms with Crippen molar-refractivity contribution >= 4 is 17.5 Å². The number of nitrogens with one attached hydrogen (secondary N) is 2. The predicted octanol–water partition coefficient (Wildman–Crippen LogP) is 2.91. The lowest BCUT2D eigenvalue weighted by molar-refractivity contribution is -0.114. The standard InChI is InChI=1S/C21H22N4O3/c1-14(26)23-17-8-4-16(5-9-17)21(27)24-19(20-22-12-13-25(20)2)15-6-10-18(28-3)11-7-15/h4-13,19H,1-3H3,(H,23,26)(H,24,27). The van der Waals surface area contributed by atoms with Gasteiger partial charge in [0.1, 0.15) is 17.6 Å². The van der Waals surface area contributed by atoms with Crippen LogP contribution in [0.1, 0.15) is 34.7 Å². The highest BCUT2D eigenvalue weighted by Gasteiger charge is 2.21. The molecule has 1 heterocycles. The van der Waals surface area contributed by atoms with Gasteiger partial charge in [-0.25, -0.2) is 4.98 Å². The number of anilines is 1. The van der Waals surface area contributed by atoms with E-state index in [4.69, 9.17) is 4.74 Å². The van der Waals surface area contributed by atoms with Gasteiger partial charge in [0, 0.05) is 37.6 Å². The Kier molecular flexibility index (Phi) is 5.74. The van der Waals surface area contributed by atoms with E-state index in [-0.39, 0.29) is 11.8 Å². The molecule has 144 valence electrons. The number of carbonyl (C=O) groups excluding carboxylic acids is 2. The summed E-state index contributed by atoms with van der Waals surface area (Å²) in [5, 5.41) is 5.72. The average Bonchev–Trinajstić information content (AvgIpc) is 3.12. The summed E-state index contributed by atoms with van der Waals surface area (Å²) in [6.07, 6.45) is 3.53. The molecule has 1 unspecified atom stereocenters. The molecule has 1 aromatic heterocycles. The van der Waals surface area contributed by atoms with Gasteiger partial charge in [-0.2, -0.15) is 0 Å². The first-order valence-electron chi connectivity index (χ1n) is 8.77.